The van der Waals surface area contributed by atoms with E-state index in [0.29, 0.717) is 6.04 Å². The van der Waals surface area contributed by atoms with Crippen molar-refractivity contribution >= 4 is 0 Å². The van der Waals surface area contributed by atoms with E-state index in [-0.39, 0.29) is 5.41 Å². The first-order valence-electron chi connectivity index (χ1n) is 8.70. The fraction of sp³-hybridized carbons (Fsp3) is 0.684. The number of benzene rings is 1. The lowest BCUT2D eigenvalue weighted by atomic mass is 9.73. The molecular weight excluding hydrogens is 258 g/mol. The second kappa shape index (κ2) is 8.55. The van der Waals surface area contributed by atoms with Crippen LogP contribution in [0.15, 0.2) is 30.3 Å². The van der Waals surface area contributed by atoms with Crippen LogP contribution < -0.4 is 5.32 Å². The molecule has 1 unspecified atom stereocenters. The van der Waals surface area contributed by atoms with Crippen LogP contribution in [0.3, 0.4) is 0 Å². The maximum Gasteiger partial charge on any atom is 0.0628 e. The van der Waals surface area contributed by atoms with Gasteiger partial charge in [0.05, 0.1) is 6.61 Å². The second-order valence-corrected chi connectivity index (χ2v) is 6.31. The predicted molar refractivity (Wildman–Crippen MR) is 89.8 cm³/mol. The molecule has 2 rings (SSSR count). The van der Waals surface area contributed by atoms with Crippen molar-refractivity contribution < 1.29 is 4.74 Å². The van der Waals surface area contributed by atoms with Gasteiger partial charge in [-0.05, 0) is 37.8 Å². The van der Waals surface area contributed by atoms with Crippen LogP contribution in [-0.2, 0) is 10.2 Å². The van der Waals surface area contributed by atoms with Gasteiger partial charge in [0.15, 0.2) is 0 Å². The van der Waals surface area contributed by atoms with Gasteiger partial charge in [0.25, 0.3) is 0 Å². The summed E-state index contributed by atoms with van der Waals surface area (Å²) in [5.41, 5.74) is 1.76. The zero-order valence-electron chi connectivity index (χ0n) is 13.7. The molecule has 0 amide bonds. The summed E-state index contributed by atoms with van der Waals surface area (Å²) in [6.45, 7) is 7.20. The summed E-state index contributed by atoms with van der Waals surface area (Å²) in [6.07, 6.45) is 7.52. The van der Waals surface area contributed by atoms with Crippen LogP contribution in [0.1, 0.15) is 57.9 Å². The summed E-state index contributed by atoms with van der Waals surface area (Å²) in [4.78, 5) is 0. The summed E-state index contributed by atoms with van der Waals surface area (Å²) >= 11 is 0. The standard InChI is InChI=1S/C19H31NO/c1-3-14-20-18(16-21-15-4-2)19(12-8-9-13-19)17-10-6-5-7-11-17/h5-7,10-11,18,20H,3-4,8-9,12-16H2,1-2H3. The number of hydrogen-bond donors (Lipinski definition) is 1. The van der Waals surface area contributed by atoms with Crippen LogP contribution in [0.5, 0.6) is 0 Å². The Morgan fingerprint density at radius 3 is 2.43 bits per heavy atom. The van der Waals surface area contributed by atoms with E-state index in [1.165, 1.54) is 37.7 Å². The third kappa shape index (κ3) is 4.08. The van der Waals surface area contributed by atoms with E-state index in [1.807, 2.05) is 0 Å². The first-order chi connectivity index (χ1) is 10.3. The molecule has 1 atom stereocenters. The molecular formula is C19H31NO. The van der Waals surface area contributed by atoms with Crippen LogP contribution >= 0.6 is 0 Å². The highest BCUT2D eigenvalue weighted by molar-refractivity contribution is 5.29. The molecule has 1 fully saturated rings. The summed E-state index contributed by atoms with van der Waals surface area (Å²) in [5.74, 6) is 0. The first kappa shape index (κ1) is 16.5. The monoisotopic (exact) mass is 289 g/mol. The molecule has 0 aliphatic heterocycles. The fourth-order valence-corrected chi connectivity index (χ4v) is 3.69. The number of hydrogen-bond acceptors (Lipinski definition) is 2. The number of rotatable bonds is 9. The van der Waals surface area contributed by atoms with Gasteiger partial charge in [0.1, 0.15) is 0 Å². The zero-order chi connectivity index (χ0) is 15.0. The molecule has 1 N–H and O–H groups in total. The average molecular weight is 289 g/mol. The highest BCUT2D eigenvalue weighted by Gasteiger charge is 2.42. The minimum Gasteiger partial charge on any atom is -0.380 e. The molecule has 1 aromatic carbocycles. The van der Waals surface area contributed by atoms with Crippen molar-refractivity contribution in [1.29, 1.82) is 0 Å². The largest absolute Gasteiger partial charge is 0.380 e. The molecule has 0 radical (unpaired) electrons. The Labute approximate surface area is 130 Å². The van der Waals surface area contributed by atoms with Gasteiger partial charge >= 0.3 is 0 Å². The van der Waals surface area contributed by atoms with Gasteiger partial charge in [-0.25, -0.2) is 0 Å². The SMILES string of the molecule is CCCNC(COCCC)C1(c2ccccc2)CCCC1. The van der Waals surface area contributed by atoms with Crippen LogP contribution in [-0.4, -0.2) is 25.8 Å². The topological polar surface area (TPSA) is 21.3 Å². The average Bonchev–Trinajstić information content (AvgIpc) is 3.02. The Balaban J connectivity index is 2.18. The Morgan fingerprint density at radius 2 is 1.81 bits per heavy atom. The molecule has 0 heterocycles. The van der Waals surface area contributed by atoms with E-state index in [2.05, 4.69) is 49.5 Å². The van der Waals surface area contributed by atoms with E-state index in [0.717, 1.165) is 26.2 Å². The normalized spacial score (nSPS) is 18.8. The van der Waals surface area contributed by atoms with Gasteiger partial charge in [-0.2, -0.15) is 0 Å². The maximum atomic E-state index is 5.94. The third-order valence-corrected chi connectivity index (χ3v) is 4.79. The number of ether oxygens (including phenoxy) is 1. The van der Waals surface area contributed by atoms with Gasteiger partial charge in [0.2, 0.25) is 0 Å². The van der Waals surface area contributed by atoms with Crippen LogP contribution in [0.25, 0.3) is 0 Å². The van der Waals surface area contributed by atoms with Gasteiger partial charge in [0, 0.05) is 18.1 Å². The number of nitrogens with one attached hydrogen (secondary N) is 1. The smallest absolute Gasteiger partial charge is 0.0628 e. The Bertz CT molecular complexity index is 384. The minimum absolute atomic E-state index is 0.268. The zero-order valence-corrected chi connectivity index (χ0v) is 13.7. The quantitative estimate of drug-likeness (QED) is 0.685. The molecule has 1 aliphatic carbocycles. The van der Waals surface area contributed by atoms with Gasteiger partial charge in [-0.3, -0.25) is 0 Å². The fourth-order valence-electron chi connectivity index (χ4n) is 3.69. The minimum atomic E-state index is 0.268. The summed E-state index contributed by atoms with van der Waals surface area (Å²) < 4.78 is 5.94. The van der Waals surface area contributed by atoms with Crippen molar-refractivity contribution in [3.63, 3.8) is 0 Å². The van der Waals surface area contributed by atoms with E-state index in [9.17, 15) is 0 Å². The van der Waals surface area contributed by atoms with Crippen LogP contribution in [0, 0.1) is 0 Å². The van der Waals surface area contributed by atoms with Crippen molar-refractivity contribution in [2.75, 3.05) is 19.8 Å². The summed E-state index contributed by atoms with van der Waals surface area (Å²) in [6, 6.07) is 11.5. The Morgan fingerprint density at radius 1 is 1.10 bits per heavy atom. The van der Waals surface area contributed by atoms with Crippen LogP contribution in [0.4, 0.5) is 0 Å². The van der Waals surface area contributed by atoms with Crippen molar-refractivity contribution in [3.05, 3.63) is 35.9 Å². The highest BCUT2D eigenvalue weighted by atomic mass is 16.5. The van der Waals surface area contributed by atoms with Gasteiger partial charge < -0.3 is 10.1 Å². The molecule has 0 bridgehead atoms. The second-order valence-electron chi connectivity index (χ2n) is 6.31. The first-order valence-corrected chi connectivity index (χ1v) is 8.70. The van der Waals surface area contributed by atoms with Crippen molar-refractivity contribution in [3.8, 4) is 0 Å². The predicted octanol–water partition coefficient (Wildman–Crippen LogP) is 4.29. The van der Waals surface area contributed by atoms with Crippen molar-refractivity contribution in [2.24, 2.45) is 0 Å². The summed E-state index contributed by atoms with van der Waals surface area (Å²) in [7, 11) is 0. The summed E-state index contributed by atoms with van der Waals surface area (Å²) in [5, 5.41) is 3.78. The molecule has 0 saturated heterocycles. The van der Waals surface area contributed by atoms with Crippen LogP contribution in [0.2, 0.25) is 0 Å². The molecule has 0 spiro atoms. The molecule has 0 aromatic heterocycles. The van der Waals surface area contributed by atoms with Gasteiger partial charge in [-0.15, -0.1) is 0 Å². The lowest BCUT2D eigenvalue weighted by molar-refractivity contribution is 0.0838. The van der Waals surface area contributed by atoms with Crippen molar-refractivity contribution in [2.45, 2.75) is 63.8 Å². The molecule has 1 aliphatic rings. The maximum absolute atomic E-state index is 5.94. The molecule has 118 valence electrons. The molecule has 2 nitrogen and oxygen atoms in total. The Hall–Kier alpha value is -0.860. The van der Waals surface area contributed by atoms with E-state index < -0.39 is 0 Å². The third-order valence-electron chi connectivity index (χ3n) is 4.79. The lowest BCUT2D eigenvalue weighted by Crippen LogP contribution is -2.50. The van der Waals surface area contributed by atoms with Gasteiger partial charge in [-0.1, -0.05) is 57.0 Å². The molecule has 2 heteroatoms. The lowest BCUT2D eigenvalue weighted by Gasteiger charge is -2.39. The molecule has 21 heavy (non-hydrogen) atoms. The highest BCUT2D eigenvalue weighted by Crippen LogP contribution is 2.44. The molecule has 1 aromatic rings. The van der Waals surface area contributed by atoms with E-state index >= 15 is 0 Å². The Kier molecular flexibility index (Phi) is 6.72. The van der Waals surface area contributed by atoms with E-state index in [1.54, 1.807) is 0 Å². The molecule has 1 saturated carbocycles. The van der Waals surface area contributed by atoms with Crippen molar-refractivity contribution in [1.82, 2.24) is 5.32 Å². The van der Waals surface area contributed by atoms with E-state index in [4.69, 9.17) is 4.74 Å².